The van der Waals surface area contributed by atoms with E-state index in [1.165, 1.54) is 0 Å². The number of urea groups is 1. The van der Waals surface area contributed by atoms with Crippen LogP contribution < -0.4 is 5.32 Å². The number of imidazole rings is 1. The first-order valence-corrected chi connectivity index (χ1v) is 7.62. The van der Waals surface area contributed by atoms with Crippen molar-refractivity contribution >= 4 is 11.9 Å². The van der Waals surface area contributed by atoms with Gasteiger partial charge >= 0.3 is 6.03 Å². The highest BCUT2D eigenvalue weighted by atomic mass is 16.2. The van der Waals surface area contributed by atoms with E-state index < -0.39 is 0 Å². The van der Waals surface area contributed by atoms with Crippen LogP contribution in [0.1, 0.15) is 29.2 Å². The van der Waals surface area contributed by atoms with Gasteiger partial charge in [-0.05, 0) is 12.8 Å². The summed E-state index contributed by atoms with van der Waals surface area (Å²) >= 11 is 0. The molecule has 3 aliphatic rings. The van der Waals surface area contributed by atoms with Gasteiger partial charge in [-0.15, -0.1) is 0 Å². The van der Waals surface area contributed by atoms with Crippen molar-refractivity contribution in [2.24, 2.45) is 0 Å². The molecule has 4 heterocycles. The summed E-state index contributed by atoms with van der Waals surface area (Å²) in [7, 11) is 0. The van der Waals surface area contributed by atoms with Crippen molar-refractivity contribution in [1.82, 2.24) is 24.7 Å². The van der Waals surface area contributed by atoms with Crippen LogP contribution in [0.2, 0.25) is 0 Å². The Labute approximate surface area is 122 Å². The number of nitrogens with zero attached hydrogens (tertiary/aromatic N) is 4. The van der Waals surface area contributed by atoms with E-state index in [1.807, 2.05) is 16.0 Å². The maximum absolute atomic E-state index is 12.6. The van der Waals surface area contributed by atoms with Crippen molar-refractivity contribution < 1.29 is 9.59 Å². The fourth-order valence-corrected chi connectivity index (χ4v) is 3.47. The molecule has 0 aliphatic carbocycles. The molecule has 1 aromatic heterocycles. The fourth-order valence-electron chi connectivity index (χ4n) is 3.47. The minimum Gasteiger partial charge on any atom is -0.336 e. The molecule has 1 aromatic rings. The third-order valence-electron chi connectivity index (χ3n) is 4.65. The number of hydrogen-bond acceptors (Lipinski definition) is 3. The van der Waals surface area contributed by atoms with E-state index in [-0.39, 0.29) is 18.0 Å². The Bertz CT molecular complexity index is 573. The van der Waals surface area contributed by atoms with E-state index in [1.54, 1.807) is 0 Å². The summed E-state index contributed by atoms with van der Waals surface area (Å²) < 4.78 is 2.10. The third-order valence-corrected chi connectivity index (χ3v) is 4.65. The number of carbonyl (C=O) groups excluding carboxylic acids is 2. The lowest BCUT2D eigenvalue weighted by atomic mass is 10.2. The molecule has 0 aromatic carbocycles. The molecule has 21 heavy (non-hydrogen) atoms. The maximum atomic E-state index is 12.6. The molecule has 7 nitrogen and oxygen atoms in total. The van der Waals surface area contributed by atoms with Gasteiger partial charge in [-0.25, -0.2) is 9.78 Å². The lowest BCUT2D eigenvalue weighted by molar-refractivity contribution is 0.0611. The fraction of sp³-hybridized carbons (Fsp3) is 0.643. The zero-order valence-electron chi connectivity index (χ0n) is 11.9. The van der Waals surface area contributed by atoms with Crippen LogP contribution in [0.15, 0.2) is 6.20 Å². The average Bonchev–Trinajstić information content (AvgIpc) is 3.10. The molecule has 4 rings (SSSR count). The van der Waals surface area contributed by atoms with Crippen LogP contribution in [0.5, 0.6) is 0 Å². The number of amides is 3. The highest BCUT2D eigenvalue weighted by Gasteiger charge is 2.37. The van der Waals surface area contributed by atoms with Crippen LogP contribution in [0.3, 0.4) is 0 Å². The van der Waals surface area contributed by atoms with Crippen LogP contribution >= 0.6 is 0 Å². The van der Waals surface area contributed by atoms with Crippen molar-refractivity contribution in [2.45, 2.75) is 31.8 Å². The van der Waals surface area contributed by atoms with Gasteiger partial charge in [0.2, 0.25) is 0 Å². The van der Waals surface area contributed by atoms with E-state index in [4.69, 9.17) is 0 Å². The molecule has 0 radical (unpaired) electrons. The summed E-state index contributed by atoms with van der Waals surface area (Å²) in [5.74, 6) is 1.02. The first-order chi connectivity index (χ1) is 10.2. The first kappa shape index (κ1) is 12.7. The summed E-state index contributed by atoms with van der Waals surface area (Å²) in [5, 5.41) is 2.83. The minimum atomic E-state index is -0.00967. The molecule has 1 atom stereocenters. The lowest BCUT2D eigenvalue weighted by Crippen LogP contribution is -2.53. The topological polar surface area (TPSA) is 70.5 Å². The van der Waals surface area contributed by atoms with Gasteiger partial charge in [-0.2, -0.15) is 0 Å². The average molecular weight is 289 g/mol. The Morgan fingerprint density at radius 3 is 3.05 bits per heavy atom. The van der Waals surface area contributed by atoms with Gasteiger partial charge < -0.3 is 19.7 Å². The molecular weight excluding hydrogens is 270 g/mol. The van der Waals surface area contributed by atoms with E-state index in [2.05, 4.69) is 14.9 Å². The van der Waals surface area contributed by atoms with Crippen LogP contribution in [0, 0.1) is 0 Å². The van der Waals surface area contributed by atoms with Crippen molar-refractivity contribution in [3.63, 3.8) is 0 Å². The maximum Gasteiger partial charge on any atom is 0.317 e. The van der Waals surface area contributed by atoms with Gasteiger partial charge in [0.05, 0.1) is 6.04 Å². The van der Waals surface area contributed by atoms with Gasteiger partial charge in [-0.3, -0.25) is 4.79 Å². The number of aromatic nitrogens is 2. The number of piperazine rings is 1. The molecule has 2 saturated heterocycles. The predicted molar refractivity (Wildman–Crippen MR) is 75.0 cm³/mol. The van der Waals surface area contributed by atoms with Gasteiger partial charge in [0.15, 0.2) is 0 Å². The smallest absolute Gasteiger partial charge is 0.317 e. The second kappa shape index (κ2) is 4.75. The Hall–Kier alpha value is -2.05. The van der Waals surface area contributed by atoms with Crippen molar-refractivity contribution in [2.75, 3.05) is 26.2 Å². The lowest BCUT2D eigenvalue weighted by Gasteiger charge is -2.36. The number of carbonyl (C=O) groups is 2. The number of rotatable bonds is 1. The van der Waals surface area contributed by atoms with Crippen LogP contribution in [-0.4, -0.2) is 63.5 Å². The summed E-state index contributed by atoms with van der Waals surface area (Å²) in [6.45, 7) is 3.38. The quantitative estimate of drug-likeness (QED) is 0.795. The monoisotopic (exact) mass is 289 g/mol. The highest BCUT2D eigenvalue weighted by molar-refractivity contribution is 5.92. The summed E-state index contributed by atoms with van der Waals surface area (Å²) in [6, 6.07) is 0.0944. The molecule has 112 valence electrons. The van der Waals surface area contributed by atoms with Crippen LogP contribution in [0.4, 0.5) is 4.79 Å². The molecule has 7 heteroatoms. The largest absolute Gasteiger partial charge is 0.336 e. The molecular formula is C14H19N5O2. The van der Waals surface area contributed by atoms with E-state index in [0.29, 0.717) is 31.9 Å². The number of nitrogens with one attached hydrogen (secondary N) is 1. The Morgan fingerprint density at radius 2 is 2.19 bits per heavy atom. The standard InChI is InChI=1S/C14H19N5O2/c20-13(11-9-17-4-2-1-3-12(17)16-11)18-5-6-19-10(8-18)7-15-14(19)21/h9-10H,1-8H2,(H,15,21). The van der Waals surface area contributed by atoms with Gasteiger partial charge in [0.25, 0.3) is 5.91 Å². The predicted octanol–water partition coefficient (Wildman–Crippen LogP) is 0.0690. The molecule has 0 saturated carbocycles. The molecule has 3 aliphatic heterocycles. The van der Waals surface area contributed by atoms with Crippen molar-refractivity contribution in [1.29, 1.82) is 0 Å². The highest BCUT2D eigenvalue weighted by Crippen LogP contribution is 2.19. The zero-order chi connectivity index (χ0) is 14.4. The molecule has 0 spiro atoms. The number of aryl methyl sites for hydroxylation is 2. The van der Waals surface area contributed by atoms with Gasteiger partial charge in [0.1, 0.15) is 11.5 Å². The van der Waals surface area contributed by atoms with Crippen molar-refractivity contribution in [3.8, 4) is 0 Å². The molecule has 1 unspecified atom stereocenters. The number of fused-ring (bicyclic) bond motifs is 2. The Morgan fingerprint density at radius 1 is 1.29 bits per heavy atom. The second-order valence-electron chi connectivity index (χ2n) is 5.98. The summed E-state index contributed by atoms with van der Waals surface area (Å²) in [5.41, 5.74) is 0.553. The molecule has 3 amide bonds. The summed E-state index contributed by atoms with van der Waals surface area (Å²) in [6.07, 6.45) is 5.16. The van der Waals surface area contributed by atoms with Gasteiger partial charge in [-0.1, -0.05) is 0 Å². The first-order valence-electron chi connectivity index (χ1n) is 7.62. The zero-order valence-corrected chi connectivity index (χ0v) is 11.9. The van der Waals surface area contributed by atoms with Crippen molar-refractivity contribution in [3.05, 3.63) is 17.7 Å². The molecule has 0 bridgehead atoms. The van der Waals surface area contributed by atoms with E-state index >= 15 is 0 Å². The molecule has 1 N–H and O–H groups in total. The third kappa shape index (κ3) is 2.07. The van der Waals surface area contributed by atoms with E-state index in [9.17, 15) is 9.59 Å². The SMILES string of the molecule is O=C(c1cn2c(n1)CCCC2)N1CCN2C(=O)NCC2C1. The Kier molecular flexibility index (Phi) is 2.87. The van der Waals surface area contributed by atoms with E-state index in [0.717, 1.165) is 31.6 Å². The minimum absolute atomic E-state index is 0.00380. The Balaban J connectivity index is 1.50. The normalized spacial score (nSPS) is 24.6. The van der Waals surface area contributed by atoms with Gasteiger partial charge in [0, 0.05) is 45.3 Å². The second-order valence-corrected chi connectivity index (χ2v) is 5.98. The molecule has 2 fully saturated rings. The summed E-state index contributed by atoms with van der Waals surface area (Å²) in [4.78, 5) is 32.3. The van der Waals surface area contributed by atoms with Crippen LogP contribution in [0.25, 0.3) is 0 Å². The van der Waals surface area contributed by atoms with Crippen LogP contribution in [-0.2, 0) is 13.0 Å². The number of hydrogen-bond donors (Lipinski definition) is 1.